The van der Waals surface area contributed by atoms with Crippen LogP contribution in [0.2, 0.25) is 0 Å². The van der Waals surface area contributed by atoms with E-state index in [0.717, 1.165) is 0 Å². The molecule has 2 amide bonds. The Hall–Kier alpha value is -2.17. The summed E-state index contributed by atoms with van der Waals surface area (Å²) in [5.41, 5.74) is 5.28. The number of ether oxygens (including phenoxy) is 1. The van der Waals surface area contributed by atoms with Gasteiger partial charge in [0.2, 0.25) is 15.9 Å². The normalized spacial score (nSPS) is 16.4. The SMILES string of the molecule is COc1ccc(S(N)(=O)=O)cc1C(=O)NC1CCN(CC(N)=O)CC1. The summed E-state index contributed by atoms with van der Waals surface area (Å²) in [6, 6.07) is 3.79. The molecule has 0 radical (unpaired) electrons. The van der Waals surface area contributed by atoms with Crippen LogP contribution in [-0.4, -0.2) is 57.9 Å². The lowest BCUT2D eigenvalue weighted by atomic mass is 10.0. The number of nitrogens with one attached hydrogen (secondary N) is 1. The van der Waals surface area contributed by atoms with Crippen molar-refractivity contribution >= 4 is 21.8 Å². The van der Waals surface area contributed by atoms with Gasteiger partial charge in [-0.05, 0) is 31.0 Å². The Morgan fingerprint density at radius 1 is 1.32 bits per heavy atom. The molecule has 0 bridgehead atoms. The van der Waals surface area contributed by atoms with Crippen molar-refractivity contribution in [1.82, 2.24) is 10.2 Å². The maximum Gasteiger partial charge on any atom is 0.255 e. The average molecular weight is 370 g/mol. The zero-order chi connectivity index (χ0) is 18.6. The largest absolute Gasteiger partial charge is 0.496 e. The number of primary amides is 1. The van der Waals surface area contributed by atoms with E-state index in [2.05, 4.69) is 5.32 Å². The van der Waals surface area contributed by atoms with Gasteiger partial charge in [0.25, 0.3) is 5.91 Å². The highest BCUT2D eigenvalue weighted by Crippen LogP contribution is 2.22. The van der Waals surface area contributed by atoms with E-state index in [-0.39, 0.29) is 34.7 Å². The van der Waals surface area contributed by atoms with Gasteiger partial charge >= 0.3 is 0 Å². The van der Waals surface area contributed by atoms with E-state index in [4.69, 9.17) is 15.6 Å². The summed E-state index contributed by atoms with van der Waals surface area (Å²) in [6.45, 7) is 1.48. The van der Waals surface area contributed by atoms with Gasteiger partial charge in [0.1, 0.15) is 5.75 Å². The number of rotatable bonds is 6. The molecule has 2 rings (SSSR count). The lowest BCUT2D eigenvalue weighted by Gasteiger charge is -2.31. The van der Waals surface area contributed by atoms with Crippen LogP contribution in [0.1, 0.15) is 23.2 Å². The van der Waals surface area contributed by atoms with Crippen LogP contribution in [-0.2, 0) is 14.8 Å². The van der Waals surface area contributed by atoms with Gasteiger partial charge < -0.3 is 15.8 Å². The molecule has 0 spiro atoms. The quantitative estimate of drug-likeness (QED) is 0.587. The summed E-state index contributed by atoms with van der Waals surface area (Å²) in [7, 11) is -2.53. The average Bonchev–Trinajstić information content (AvgIpc) is 2.54. The third-order valence-corrected chi connectivity index (χ3v) is 4.96. The van der Waals surface area contributed by atoms with E-state index in [1.807, 2.05) is 4.90 Å². The van der Waals surface area contributed by atoms with Gasteiger partial charge in [-0.15, -0.1) is 0 Å². The van der Waals surface area contributed by atoms with Gasteiger partial charge in [0.05, 0.1) is 24.1 Å². The van der Waals surface area contributed by atoms with Gasteiger partial charge in [0, 0.05) is 19.1 Å². The number of nitrogens with zero attached hydrogens (tertiary/aromatic N) is 1. The molecule has 0 atom stereocenters. The Morgan fingerprint density at radius 2 is 1.96 bits per heavy atom. The molecule has 138 valence electrons. The number of methoxy groups -OCH3 is 1. The molecule has 0 unspecified atom stereocenters. The predicted octanol–water partition coefficient (Wildman–Crippen LogP) is -0.978. The molecule has 5 N–H and O–H groups in total. The third-order valence-electron chi connectivity index (χ3n) is 4.05. The minimum Gasteiger partial charge on any atom is -0.496 e. The monoisotopic (exact) mass is 370 g/mol. The van der Waals surface area contributed by atoms with Crippen molar-refractivity contribution in [3.63, 3.8) is 0 Å². The first-order valence-electron chi connectivity index (χ1n) is 7.73. The first-order chi connectivity index (χ1) is 11.7. The van der Waals surface area contributed by atoms with Gasteiger partial charge in [-0.3, -0.25) is 14.5 Å². The second kappa shape index (κ2) is 7.81. The number of nitrogens with two attached hydrogens (primary N) is 2. The maximum atomic E-state index is 12.5. The molecule has 9 nitrogen and oxygen atoms in total. The fraction of sp³-hybridized carbons (Fsp3) is 0.467. The predicted molar refractivity (Wildman–Crippen MR) is 90.5 cm³/mol. The fourth-order valence-corrected chi connectivity index (χ4v) is 3.30. The van der Waals surface area contributed by atoms with Gasteiger partial charge in [-0.2, -0.15) is 0 Å². The number of piperidine rings is 1. The molecule has 10 heteroatoms. The van der Waals surface area contributed by atoms with Crippen LogP contribution in [0, 0.1) is 0 Å². The molecule has 1 fully saturated rings. The Labute approximate surface area is 146 Å². The minimum absolute atomic E-state index is 0.0838. The van der Waals surface area contributed by atoms with Crippen LogP contribution < -0.4 is 20.9 Å². The lowest BCUT2D eigenvalue weighted by molar-refractivity contribution is -0.119. The molecule has 1 aliphatic heterocycles. The van der Waals surface area contributed by atoms with Gasteiger partial charge in [-0.1, -0.05) is 0 Å². The number of carbonyl (C=O) groups is 2. The van der Waals surface area contributed by atoms with E-state index < -0.39 is 15.9 Å². The highest BCUT2D eigenvalue weighted by atomic mass is 32.2. The molecular formula is C15H22N4O5S. The Bertz CT molecular complexity index is 757. The number of amides is 2. The van der Waals surface area contributed by atoms with Crippen LogP contribution >= 0.6 is 0 Å². The maximum absolute atomic E-state index is 12.5. The Balaban J connectivity index is 2.07. The summed E-state index contributed by atoms with van der Waals surface area (Å²) in [5.74, 6) is -0.557. The van der Waals surface area contributed by atoms with Crippen molar-refractivity contribution in [3.8, 4) is 5.75 Å². The van der Waals surface area contributed by atoms with E-state index in [9.17, 15) is 18.0 Å². The van der Waals surface area contributed by atoms with Crippen LogP contribution in [0.25, 0.3) is 0 Å². The van der Waals surface area contributed by atoms with Gasteiger partial charge in [0.15, 0.2) is 0 Å². The third kappa shape index (κ3) is 5.15. The van der Waals surface area contributed by atoms with Crippen molar-refractivity contribution in [2.24, 2.45) is 10.9 Å². The molecule has 1 heterocycles. The number of hydrogen-bond acceptors (Lipinski definition) is 6. The summed E-state index contributed by atoms with van der Waals surface area (Å²) >= 11 is 0. The molecular weight excluding hydrogens is 348 g/mol. The Kier molecular flexibility index (Phi) is 5.98. The minimum atomic E-state index is -3.92. The lowest BCUT2D eigenvalue weighted by Crippen LogP contribution is -2.46. The molecule has 1 aliphatic rings. The van der Waals surface area contributed by atoms with Crippen LogP contribution in [0.4, 0.5) is 0 Å². The fourth-order valence-electron chi connectivity index (χ4n) is 2.76. The number of hydrogen-bond donors (Lipinski definition) is 3. The second-order valence-corrected chi connectivity index (χ2v) is 7.46. The smallest absolute Gasteiger partial charge is 0.255 e. The number of likely N-dealkylation sites (tertiary alicyclic amines) is 1. The highest BCUT2D eigenvalue weighted by Gasteiger charge is 2.24. The van der Waals surface area contributed by atoms with Gasteiger partial charge in [-0.25, -0.2) is 13.6 Å². The standard InChI is InChI=1S/C15H22N4O5S/c1-24-13-3-2-11(25(17,22)23)8-12(13)15(21)18-10-4-6-19(7-5-10)9-14(16)20/h2-3,8,10H,4-7,9H2,1H3,(H2,16,20)(H,18,21)(H2,17,22,23). The highest BCUT2D eigenvalue weighted by molar-refractivity contribution is 7.89. The topological polar surface area (TPSA) is 145 Å². The molecule has 25 heavy (non-hydrogen) atoms. The second-order valence-electron chi connectivity index (χ2n) is 5.90. The number of primary sulfonamides is 1. The van der Waals surface area contributed by atoms with Crippen molar-refractivity contribution in [1.29, 1.82) is 0 Å². The molecule has 0 aliphatic carbocycles. The molecule has 1 aromatic carbocycles. The summed E-state index contributed by atoms with van der Waals surface area (Å²) in [6.07, 6.45) is 1.33. The van der Waals surface area contributed by atoms with Crippen LogP contribution in [0.3, 0.4) is 0 Å². The first kappa shape index (κ1) is 19.2. The number of benzene rings is 1. The number of carbonyl (C=O) groups excluding carboxylic acids is 2. The van der Waals surface area contributed by atoms with E-state index in [1.54, 1.807) is 0 Å². The van der Waals surface area contributed by atoms with E-state index >= 15 is 0 Å². The summed E-state index contributed by atoms with van der Waals surface area (Å²) in [4.78, 5) is 25.2. The van der Waals surface area contributed by atoms with Crippen molar-refractivity contribution in [2.45, 2.75) is 23.8 Å². The molecule has 1 aromatic rings. The first-order valence-corrected chi connectivity index (χ1v) is 9.27. The van der Waals surface area contributed by atoms with E-state index in [1.165, 1.54) is 25.3 Å². The van der Waals surface area contributed by atoms with Crippen molar-refractivity contribution in [2.75, 3.05) is 26.7 Å². The van der Waals surface area contributed by atoms with Crippen LogP contribution in [0.15, 0.2) is 23.1 Å². The van der Waals surface area contributed by atoms with Crippen LogP contribution in [0.5, 0.6) is 5.75 Å². The Morgan fingerprint density at radius 3 is 2.48 bits per heavy atom. The molecule has 1 saturated heterocycles. The van der Waals surface area contributed by atoms with E-state index in [0.29, 0.717) is 25.9 Å². The molecule has 0 aromatic heterocycles. The zero-order valence-electron chi connectivity index (χ0n) is 13.9. The van der Waals surface area contributed by atoms with Crippen molar-refractivity contribution < 1.29 is 22.7 Å². The number of sulfonamides is 1. The summed E-state index contributed by atoms with van der Waals surface area (Å²) in [5, 5.41) is 7.98. The summed E-state index contributed by atoms with van der Waals surface area (Å²) < 4.78 is 28.1. The molecule has 0 saturated carbocycles. The van der Waals surface area contributed by atoms with Crippen molar-refractivity contribution in [3.05, 3.63) is 23.8 Å². The zero-order valence-corrected chi connectivity index (χ0v) is 14.7.